The number of carbonyl (C=O) groups excluding carboxylic acids is 2. The average molecular weight is 622 g/mol. The largest absolute Gasteiger partial charge is 0.487 e. The number of ether oxygens (including phenoxy) is 1. The summed E-state index contributed by atoms with van der Waals surface area (Å²) < 4.78 is 9.13. The normalized spacial score (nSPS) is 21.9. The number of benzene rings is 2. The van der Waals surface area contributed by atoms with E-state index in [1.165, 1.54) is 0 Å². The number of halogens is 1. The van der Waals surface area contributed by atoms with Crippen LogP contribution in [0.4, 0.5) is 0 Å². The first-order valence-electron chi connectivity index (χ1n) is 14.1. The van der Waals surface area contributed by atoms with Gasteiger partial charge >= 0.3 is 5.97 Å². The van der Waals surface area contributed by atoms with E-state index < -0.39 is 23.8 Å². The van der Waals surface area contributed by atoms with Gasteiger partial charge in [-0.3, -0.25) is 14.4 Å². The number of aliphatic carboxylic acids is 1. The Balaban J connectivity index is 1.38. The minimum Gasteiger partial charge on any atom is -0.487 e. The lowest BCUT2D eigenvalue weighted by Crippen LogP contribution is -2.50. The molecule has 2 aromatic carbocycles. The summed E-state index contributed by atoms with van der Waals surface area (Å²) in [6.07, 6.45) is 6.92. The Labute approximate surface area is 247 Å². The van der Waals surface area contributed by atoms with Crippen LogP contribution in [0.2, 0.25) is 0 Å². The predicted octanol–water partition coefficient (Wildman–Crippen LogP) is 4.73. The minimum atomic E-state index is -0.913. The van der Waals surface area contributed by atoms with Gasteiger partial charge in [-0.05, 0) is 48.6 Å². The SMILES string of the molecule is Cn1cnc(COc2ccc(Br)c3c2C(CN2Cc4ccccc4C2=O)N(C(=O)C2CCCCC2C(=O)O)CC3)c1. The Morgan fingerprint density at radius 2 is 1.90 bits per heavy atom. The van der Waals surface area contributed by atoms with Gasteiger partial charge in [-0.25, -0.2) is 4.98 Å². The maximum absolute atomic E-state index is 14.2. The quantitative estimate of drug-likeness (QED) is 0.409. The van der Waals surface area contributed by atoms with Crippen LogP contribution < -0.4 is 4.74 Å². The van der Waals surface area contributed by atoms with E-state index in [1.54, 1.807) is 11.2 Å². The van der Waals surface area contributed by atoms with Crippen LogP contribution in [0.25, 0.3) is 0 Å². The number of aryl methyl sites for hydroxylation is 1. The number of hydrogen-bond donors (Lipinski definition) is 1. The van der Waals surface area contributed by atoms with Crippen molar-refractivity contribution in [1.82, 2.24) is 19.4 Å². The molecule has 3 atom stereocenters. The fourth-order valence-corrected chi connectivity index (χ4v) is 7.20. The third-order valence-corrected chi connectivity index (χ3v) is 9.42. The summed E-state index contributed by atoms with van der Waals surface area (Å²) in [5, 5.41) is 9.95. The summed E-state index contributed by atoms with van der Waals surface area (Å²) in [4.78, 5) is 47.8. The average Bonchev–Trinajstić information content (AvgIpc) is 3.54. The first-order chi connectivity index (χ1) is 19.8. The Bertz CT molecular complexity index is 1500. The van der Waals surface area contributed by atoms with E-state index in [9.17, 15) is 19.5 Å². The number of fused-ring (bicyclic) bond motifs is 2. The number of carbonyl (C=O) groups is 3. The molecule has 0 saturated heterocycles. The maximum atomic E-state index is 14.2. The molecule has 2 amide bonds. The van der Waals surface area contributed by atoms with E-state index in [-0.39, 0.29) is 25.0 Å². The number of imidazole rings is 1. The van der Waals surface area contributed by atoms with Gasteiger partial charge in [0.05, 0.1) is 29.9 Å². The summed E-state index contributed by atoms with van der Waals surface area (Å²) in [6, 6.07) is 11.0. The molecule has 0 bridgehead atoms. The summed E-state index contributed by atoms with van der Waals surface area (Å²) >= 11 is 3.72. The van der Waals surface area contributed by atoms with Gasteiger partial charge in [0.2, 0.25) is 5.91 Å². The smallest absolute Gasteiger partial charge is 0.307 e. The van der Waals surface area contributed by atoms with Gasteiger partial charge in [-0.1, -0.05) is 47.0 Å². The second kappa shape index (κ2) is 11.3. The highest BCUT2D eigenvalue weighted by molar-refractivity contribution is 9.10. The molecule has 1 aliphatic carbocycles. The molecule has 6 rings (SSSR count). The molecule has 10 heteroatoms. The molecule has 2 aliphatic heterocycles. The number of carboxylic acids is 1. The molecule has 3 aromatic rings. The van der Waals surface area contributed by atoms with Crippen LogP contribution >= 0.6 is 15.9 Å². The van der Waals surface area contributed by atoms with Gasteiger partial charge in [-0.2, -0.15) is 0 Å². The molecular weight excluding hydrogens is 588 g/mol. The van der Waals surface area contributed by atoms with Crippen molar-refractivity contribution >= 4 is 33.7 Å². The van der Waals surface area contributed by atoms with E-state index in [2.05, 4.69) is 20.9 Å². The lowest BCUT2D eigenvalue weighted by atomic mass is 9.77. The van der Waals surface area contributed by atoms with E-state index in [0.29, 0.717) is 43.7 Å². The second-order valence-electron chi connectivity index (χ2n) is 11.2. The van der Waals surface area contributed by atoms with Crippen LogP contribution in [0.15, 0.2) is 53.4 Å². The molecule has 3 unspecified atom stereocenters. The molecule has 1 aromatic heterocycles. The molecule has 9 nitrogen and oxygen atoms in total. The van der Waals surface area contributed by atoms with Crippen molar-refractivity contribution in [2.24, 2.45) is 18.9 Å². The zero-order valence-electron chi connectivity index (χ0n) is 23.0. The van der Waals surface area contributed by atoms with Crippen LogP contribution in [0.3, 0.4) is 0 Å². The van der Waals surface area contributed by atoms with Crippen LogP contribution in [-0.2, 0) is 36.2 Å². The highest BCUT2D eigenvalue weighted by Gasteiger charge is 2.44. The number of amides is 2. The molecule has 1 saturated carbocycles. The molecule has 41 heavy (non-hydrogen) atoms. The van der Waals surface area contributed by atoms with Crippen molar-refractivity contribution < 1.29 is 24.2 Å². The van der Waals surface area contributed by atoms with E-state index >= 15 is 0 Å². The molecule has 0 radical (unpaired) electrons. The third kappa shape index (κ3) is 5.25. The number of rotatable bonds is 7. The Morgan fingerprint density at radius 3 is 2.63 bits per heavy atom. The highest BCUT2D eigenvalue weighted by Crippen LogP contribution is 2.43. The molecule has 214 valence electrons. The van der Waals surface area contributed by atoms with E-state index in [1.807, 2.05) is 59.1 Å². The van der Waals surface area contributed by atoms with Crippen molar-refractivity contribution in [2.45, 2.75) is 51.3 Å². The topological polar surface area (TPSA) is 105 Å². The second-order valence-corrected chi connectivity index (χ2v) is 12.1. The first-order valence-corrected chi connectivity index (χ1v) is 14.9. The van der Waals surface area contributed by atoms with Crippen LogP contribution in [-0.4, -0.2) is 55.3 Å². The standard InChI is InChI=1S/C31H33BrN4O5/c1-34-15-20(33-18-34)17-41-27-11-10-25(32)24-12-13-36(30(38)22-8-4-5-9-23(22)31(39)40)26(28(24)27)16-35-14-19-6-2-3-7-21(19)29(35)37/h2-3,6-7,10-11,15,18,22-23,26H,4-5,8-9,12-14,16-17H2,1H3,(H,39,40). The number of nitrogens with zero attached hydrogens (tertiary/aromatic N) is 4. The molecular formula is C31H33BrN4O5. The van der Waals surface area contributed by atoms with Gasteiger partial charge in [0.1, 0.15) is 12.4 Å². The fraction of sp³-hybridized carbons (Fsp3) is 0.419. The lowest BCUT2D eigenvalue weighted by Gasteiger charge is -2.43. The van der Waals surface area contributed by atoms with Crippen molar-refractivity contribution in [2.75, 3.05) is 13.1 Å². The van der Waals surface area contributed by atoms with Crippen LogP contribution in [0.1, 0.15) is 64.5 Å². The van der Waals surface area contributed by atoms with Crippen molar-refractivity contribution in [3.63, 3.8) is 0 Å². The zero-order chi connectivity index (χ0) is 28.7. The van der Waals surface area contributed by atoms with Crippen LogP contribution in [0.5, 0.6) is 5.75 Å². The monoisotopic (exact) mass is 620 g/mol. The Hall–Kier alpha value is -3.66. The van der Waals surface area contributed by atoms with Crippen molar-refractivity contribution in [3.05, 3.63) is 81.3 Å². The Morgan fingerprint density at radius 1 is 1.12 bits per heavy atom. The third-order valence-electron chi connectivity index (χ3n) is 8.68. The zero-order valence-corrected chi connectivity index (χ0v) is 24.5. The van der Waals surface area contributed by atoms with Gasteiger partial charge in [-0.15, -0.1) is 0 Å². The van der Waals surface area contributed by atoms with Gasteiger partial charge in [0.25, 0.3) is 5.91 Å². The summed E-state index contributed by atoms with van der Waals surface area (Å²) in [7, 11) is 1.90. The van der Waals surface area contributed by atoms with E-state index in [0.717, 1.165) is 39.7 Å². The number of aromatic nitrogens is 2. The van der Waals surface area contributed by atoms with Gasteiger partial charge in [0.15, 0.2) is 0 Å². The molecule has 0 spiro atoms. The van der Waals surface area contributed by atoms with Crippen molar-refractivity contribution in [3.8, 4) is 5.75 Å². The van der Waals surface area contributed by atoms with Gasteiger partial charge < -0.3 is 24.2 Å². The molecule has 3 heterocycles. The number of carboxylic acid groups (broad SMARTS) is 1. The summed E-state index contributed by atoms with van der Waals surface area (Å²) in [5.74, 6) is -1.76. The Kier molecular flexibility index (Phi) is 7.59. The van der Waals surface area contributed by atoms with Crippen LogP contribution in [0, 0.1) is 11.8 Å². The summed E-state index contributed by atoms with van der Waals surface area (Å²) in [5.41, 5.74) is 4.33. The summed E-state index contributed by atoms with van der Waals surface area (Å²) in [6.45, 7) is 1.44. The lowest BCUT2D eigenvalue weighted by molar-refractivity contribution is -0.153. The molecule has 1 fully saturated rings. The molecule has 3 aliphatic rings. The van der Waals surface area contributed by atoms with Crippen molar-refractivity contribution in [1.29, 1.82) is 0 Å². The molecule has 1 N–H and O–H groups in total. The highest BCUT2D eigenvalue weighted by atomic mass is 79.9. The number of hydrogen-bond acceptors (Lipinski definition) is 5. The predicted molar refractivity (Wildman–Crippen MR) is 154 cm³/mol. The van der Waals surface area contributed by atoms with Gasteiger partial charge in [0, 0.05) is 48.5 Å². The van der Waals surface area contributed by atoms with E-state index in [4.69, 9.17) is 4.74 Å². The minimum absolute atomic E-state index is 0.0628. The first kappa shape index (κ1) is 27.5. The maximum Gasteiger partial charge on any atom is 0.307 e. The fourth-order valence-electron chi connectivity index (χ4n) is 6.66.